The average Bonchev–Trinajstić information content (AvgIpc) is 3.01. The zero-order chi connectivity index (χ0) is 21.6. The highest BCUT2D eigenvalue weighted by Crippen LogP contribution is 2.34. The van der Waals surface area contributed by atoms with Gasteiger partial charge in [-0.1, -0.05) is 0 Å². The number of anilines is 2. The highest BCUT2D eigenvalue weighted by atomic mass is 32.1. The molecule has 0 saturated carbocycles. The summed E-state index contributed by atoms with van der Waals surface area (Å²) in [7, 11) is 0. The number of nitrogens with two attached hydrogens (primary N) is 1. The summed E-state index contributed by atoms with van der Waals surface area (Å²) in [5.41, 5.74) is 6.62. The summed E-state index contributed by atoms with van der Waals surface area (Å²) < 4.78 is 38.2. The molecule has 0 unspecified atom stereocenters. The van der Waals surface area contributed by atoms with Crippen LogP contribution in [-0.4, -0.2) is 46.0 Å². The minimum atomic E-state index is -4.37. The number of pyridine rings is 1. The van der Waals surface area contributed by atoms with Gasteiger partial charge in [-0.3, -0.25) is 4.90 Å². The molecule has 6 nitrogen and oxygen atoms in total. The number of nitrogen functional groups attached to an aromatic ring is 1. The number of aromatic nitrogens is 3. The van der Waals surface area contributed by atoms with Crippen LogP contribution < -0.4 is 10.6 Å². The van der Waals surface area contributed by atoms with E-state index in [9.17, 15) is 13.2 Å². The second kappa shape index (κ2) is 7.66. The number of alkyl halides is 3. The first-order valence-electron chi connectivity index (χ1n) is 9.70. The average molecular weight is 437 g/mol. The van der Waals surface area contributed by atoms with Crippen LogP contribution in [-0.2, 0) is 6.18 Å². The number of fused-ring (bicyclic) bond motifs is 1. The van der Waals surface area contributed by atoms with Gasteiger partial charge in [-0.05, 0) is 38.5 Å². The van der Waals surface area contributed by atoms with Crippen molar-refractivity contribution >= 4 is 33.2 Å². The summed E-state index contributed by atoms with van der Waals surface area (Å²) >= 11 is 1.63. The van der Waals surface area contributed by atoms with E-state index in [1.54, 1.807) is 11.3 Å². The molecule has 3 aromatic rings. The Kier molecular flexibility index (Phi) is 5.31. The summed E-state index contributed by atoms with van der Waals surface area (Å²) in [6.07, 6.45) is -3.48. The molecule has 0 aliphatic carbocycles. The van der Waals surface area contributed by atoms with E-state index in [2.05, 4.69) is 28.7 Å². The minimum Gasteiger partial charge on any atom is -0.383 e. The van der Waals surface area contributed by atoms with Gasteiger partial charge in [-0.15, -0.1) is 11.3 Å². The van der Waals surface area contributed by atoms with E-state index in [-0.39, 0.29) is 6.04 Å². The number of piperazine rings is 1. The van der Waals surface area contributed by atoms with Crippen molar-refractivity contribution in [3.63, 3.8) is 0 Å². The number of hydrogen-bond acceptors (Lipinski definition) is 7. The van der Waals surface area contributed by atoms with E-state index in [0.29, 0.717) is 30.5 Å². The van der Waals surface area contributed by atoms with Gasteiger partial charge in [0.25, 0.3) is 0 Å². The second-order valence-corrected chi connectivity index (χ2v) is 8.74. The normalized spacial score (nSPS) is 16.9. The molecule has 30 heavy (non-hydrogen) atoms. The molecular formula is C20H23F3N6S. The van der Waals surface area contributed by atoms with Crippen LogP contribution in [0.5, 0.6) is 0 Å². The van der Waals surface area contributed by atoms with Crippen LogP contribution >= 0.6 is 11.3 Å². The lowest BCUT2D eigenvalue weighted by Gasteiger charge is -2.38. The maximum Gasteiger partial charge on any atom is 0.417 e. The SMILES string of the molecule is Cc1sc2nc([C@H](C)N3CCN(c4ccc(C(F)(F)F)cn4)CC3)nc(N)c2c1C. The van der Waals surface area contributed by atoms with Crippen LogP contribution in [0, 0.1) is 13.8 Å². The smallest absolute Gasteiger partial charge is 0.383 e. The van der Waals surface area contributed by atoms with E-state index in [0.717, 1.165) is 41.1 Å². The van der Waals surface area contributed by atoms with Crippen molar-refractivity contribution in [2.45, 2.75) is 33.0 Å². The summed E-state index contributed by atoms with van der Waals surface area (Å²) in [4.78, 5) is 19.7. The standard InChI is InChI=1S/C20H23F3N6S/c1-11-13(3)30-19-16(11)17(24)26-18(27-19)12(2)28-6-8-29(9-7-28)15-5-4-14(10-25-15)20(21,22)23/h4-5,10,12H,6-9H2,1-3H3,(H2,24,26,27)/t12-/m0/s1. The Morgan fingerprint density at radius 2 is 1.80 bits per heavy atom. The summed E-state index contributed by atoms with van der Waals surface area (Å²) in [6, 6.07) is 2.50. The van der Waals surface area contributed by atoms with Crippen LogP contribution in [0.3, 0.4) is 0 Å². The van der Waals surface area contributed by atoms with Gasteiger partial charge in [-0.25, -0.2) is 15.0 Å². The molecule has 0 spiro atoms. The zero-order valence-electron chi connectivity index (χ0n) is 17.0. The van der Waals surface area contributed by atoms with Gasteiger partial charge in [0.05, 0.1) is 17.0 Å². The maximum atomic E-state index is 12.7. The molecule has 0 aromatic carbocycles. The van der Waals surface area contributed by atoms with Crippen molar-refractivity contribution in [1.29, 1.82) is 0 Å². The van der Waals surface area contributed by atoms with Gasteiger partial charge in [0.1, 0.15) is 22.3 Å². The molecule has 0 amide bonds. The zero-order valence-corrected chi connectivity index (χ0v) is 17.8. The molecule has 0 radical (unpaired) electrons. The van der Waals surface area contributed by atoms with Gasteiger partial charge in [-0.2, -0.15) is 13.2 Å². The molecular weight excluding hydrogens is 413 g/mol. The maximum absolute atomic E-state index is 12.7. The van der Waals surface area contributed by atoms with E-state index in [4.69, 9.17) is 10.7 Å². The monoisotopic (exact) mass is 436 g/mol. The molecule has 1 aliphatic rings. The van der Waals surface area contributed by atoms with Gasteiger partial charge < -0.3 is 10.6 Å². The van der Waals surface area contributed by atoms with E-state index in [1.807, 2.05) is 11.8 Å². The Bertz CT molecular complexity index is 1060. The first kappa shape index (κ1) is 20.8. The van der Waals surface area contributed by atoms with Gasteiger partial charge in [0, 0.05) is 37.3 Å². The lowest BCUT2D eigenvalue weighted by Crippen LogP contribution is -2.47. The van der Waals surface area contributed by atoms with Gasteiger partial charge >= 0.3 is 6.18 Å². The molecule has 3 aromatic heterocycles. The van der Waals surface area contributed by atoms with Gasteiger partial charge in [0.2, 0.25) is 0 Å². The van der Waals surface area contributed by atoms with Crippen molar-refractivity contribution in [2.24, 2.45) is 0 Å². The number of nitrogens with zero attached hydrogens (tertiary/aromatic N) is 5. The van der Waals surface area contributed by atoms with Gasteiger partial charge in [0.15, 0.2) is 0 Å². The molecule has 160 valence electrons. The quantitative estimate of drug-likeness (QED) is 0.664. The number of rotatable bonds is 3. The molecule has 1 aliphatic heterocycles. The van der Waals surface area contributed by atoms with Crippen LogP contribution in [0.2, 0.25) is 0 Å². The van der Waals surface area contributed by atoms with Crippen LogP contribution in [0.1, 0.15) is 34.8 Å². The molecule has 4 heterocycles. The molecule has 1 atom stereocenters. The highest BCUT2D eigenvalue weighted by molar-refractivity contribution is 7.18. The Balaban J connectivity index is 1.46. The van der Waals surface area contributed by atoms with Crippen molar-refractivity contribution < 1.29 is 13.2 Å². The predicted molar refractivity (Wildman–Crippen MR) is 113 cm³/mol. The van der Waals surface area contributed by atoms with Crippen molar-refractivity contribution in [2.75, 3.05) is 36.8 Å². The predicted octanol–water partition coefficient (Wildman–Crippen LogP) is 4.19. The molecule has 1 saturated heterocycles. The van der Waals surface area contributed by atoms with Crippen molar-refractivity contribution in [1.82, 2.24) is 19.9 Å². The van der Waals surface area contributed by atoms with E-state index in [1.165, 1.54) is 10.9 Å². The molecule has 10 heteroatoms. The number of hydrogen-bond donors (Lipinski definition) is 1. The highest BCUT2D eigenvalue weighted by Gasteiger charge is 2.31. The van der Waals surface area contributed by atoms with Crippen LogP contribution in [0.25, 0.3) is 10.2 Å². The third kappa shape index (κ3) is 3.81. The molecule has 1 fully saturated rings. The second-order valence-electron chi connectivity index (χ2n) is 7.53. The Labute approximate surface area is 176 Å². The Morgan fingerprint density at radius 1 is 1.10 bits per heavy atom. The topological polar surface area (TPSA) is 71.2 Å². The number of aryl methyl sites for hydroxylation is 2. The Morgan fingerprint density at radius 3 is 2.40 bits per heavy atom. The minimum absolute atomic E-state index is 0.0119. The molecule has 0 bridgehead atoms. The third-order valence-electron chi connectivity index (χ3n) is 5.71. The lowest BCUT2D eigenvalue weighted by atomic mass is 10.2. The van der Waals surface area contributed by atoms with E-state index >= 15 is 0 Å². The number of thiophene rings is 1. The van der Waals surface area contributed by atoms with Crippen molar-refractivity contribution in [3.05, 3.63) is 40.2 Å². The van der Waals surface area contributed by atoms with E-state index < -0.39 is 11.7 Å². The first-order valence-corrected chi connectivity index (χ1v) is 10.5. The largest absolute Gasteiger partial charge is 0.417 e. The third-order valence-corrected chi connectivity index (χ3v) is 6.81. The fraction of sp³-hybridized carbons (Fsp3) is 0.450. The summed E-state index contributed by atoms with van der Waals surface area (Å²) in [6.45, 7) is 8.93. The van der Waals surface area contributed by atoms with Crippen LogP contribution in [0.15, 0.2) is 18.3 Å². The number of halogens is 3. The fourth-order valence-corrected chi connectivity index (χ4v) is 4.77. The lowest BCUT2D eigenvalue weighted by molar-refractivity contribution is -0.137. The summed E-state index contributed by atoms with van der Waals surface area (Å²) in [5.74, 6) is 1.76. The molecule has 2 N–H and O–H groups in total. The fourth-order valence-electron chi connectivity index (χ4n) is 3.73. The van der Waals surface area contributed by atoms with Crippen LogP contribution in [0.4, 0.5) is 24.8 Å². The Hall–Kier alpha value is -2.46. The molecule has 4 rings (SSSR count). The first-order chi connectivity index (χ1) is 14.1. The summed E-state index contributed by atoms with van der Waals surface area (Å²) in [5, 5.41) is 0.937. The van der Waals surface area contributed by atoms with Crippen molar-refractivity contribution in [3.8, 4) is 0 Å².